The van der Waals surface area contributed by atoms with Crippen LogP contribution >= 0.6 is 0 Å². The van der Waals surface area contributed by atoms with Crippen molar-refractivity contribution in [3.8, 4) is 0 Å². The lowest BCUT2D eigenvalue weighted by Crippen LogP contribution is -2.41. The summed E-state index contributed by atoms with van der Waals surface area (Å²) in [7, 11) is 0. The number of nitrogens with one attached hydrogen (secondary N) is 1. The number of rotatable bonds is 4. The molecular formula is C14H30N2. The SMILES string of the molecule is CC(C)NCC(C)N1CCC(C(C)(C)C)C1. The molecular weight excluding hydrogens is 196 g/mol. The molecule has 16 heavy (non-hydrogen) atoms. The fourth-order valence-electron chi connectivity index (χ4n) is 2.43. The minimum atomic E-state index is 0.472. The van der Waals surface area contributed by atoms with Crippen LogP contribution in [0.25, 0.3) is 0 Å². The summed E-state index contributed by atoms with van der Waals surface area (Å²) in [5, 5.41) is 3.53. The van der Waals surface area contributed by atoms with E-state index in [4.69, 9.17) is 0 Å². The van der Waals surface area contributed by atoms with Crippen LogP contribution in [0.15, 0.2) is 0 Å². The highest BCUT2D eigenvalue weighted by Crippen LogP contribution is 2.34. The van der Waals surface area contributed by atoms with Crippen LogP contribution in [-0.4, -0.2) is 36.6 Å². The van der Waals surface area contributed by atoms with Crippen molar-refractivity contribution in [2.24, 2.45) is 11.3 Å². The van der Waals surface area contributed by atoms with E-state index in [-0.39, 0.29) is 0 Å². The summed E-state index contributed by atoms with van der Waals surface area (Å²) in [5.74, 6) is 0.869. The average Bonchev–Trinajstić information content (AvgIpc) is 2.61. The number of nitrogens with zero attached hydrogens (tertiary/aromatic N) is 1. The van der Waals surface area contributed by atoms with Crippen molar-refractivity contribution >= 4 is 0 Å². The van der Waals surface area contributed by atoms with Crippen LogP contribution in [0.4, 0.5) is 0 Å². The third-order valence-corrected chi connectivity index (χ3v) is 3.89. The third kappa shape index (κ3) is 4.06. The molecule has 1 fully saturated rings. The Bertz CT molecular complexity index is 205. The van der Waals surface area contributed by atoms with E-state index in [1.165, 1.54) is 19.5 Å². The van der Waals surface area contributed by atoms with Gasteiger partial charge in [0.25, 0.3) is 0 Å². The Labute approximate surface area is 102 Å². The molecule has 96 valence electrons. The van der Waals surface area contributed by atoms with Crippen LogP contribution in [0.5, 0.6) is 0 Å². The van der Waals surface area contributed by atoms with Gasteiger partial charge in [0.15, 0.2) is 0 Å². The molecule has 0 aromatic carbocycles. The summed E-state index contributed by atoms with van der Waals surface area (Å²) in [5.41, 5.74) is 0.472. The zero-order valence-electron chi connectivity index (χ0n) is 12.0. The minimum absolute atomic E-state index is 0.472. The van der Waals surface area contributed by atoms with Crippen molar-refractivity contribution in [3.05, 3.63) is 0 Å². The van der Waals surface area contributed by atoms with Crippen LogP contribution < -0.4 is 5.32 Å². The van der Waals surface area contributed by atoms with Gasteiger partial charge in [-0.05, 0) is 31.2 Å². The molecule has 0 bridgehead atoms. The summed E-state index contributed by atoms with van der Waals surface area (Å²) in [6.07, 6.45) is 1.37. The maximum absolute atomic E-state index is 3.53. The van der Waals surface area contributed by atoms with Crippen LogP contribution in [0, 0.1) is 11.3 Å². The molecule has 0 aromatic rings. The Kier molecular flexibility index (Phi) is 4.81. The first-order chi connectivity index (χ1) is 7.30. The van der Waals surface area contributed by atoms with Gasteiger partial charge in [0.1, 0.15) is 0 Å². The van der Waals surface area contributed by atoms with Crippen molar-refractivity contribution in [1.29, 1.82) is 0 Å². The quantitative estimate of drug-likeness (QED) is 0.793. The van der Waals surface area contributed by atoms with Crippen molar-refractivity contribution in [2.45, 2.75) is 60.0 Å². The van der Waals surface area contributed by atoms with E-state index in [0.29, 0.717) is 17.5 Å². The van der Waals surface area contributed by atoms with E-state index in [9.17, 15) is 0 Å². The van der Waals surface area contributed by atoms with Crippen LogP contribution in [0.1, 0.15) is 48.0 Å². The monoisotopic (exact) mass is 226 g/mol. The predicted octanol–water partition coefficient (Wildman–Crippen LogP) is 2.74. The van der Waals surface area contributed by atoms with Crippen LogP contribution in [0.2, 0.25) is 0 Å². The standard InChI is InChI=1S/C14H30N2/c1-11(2)15-9-12(3)16-8-7-13(10-16)14(4,5)6/h11-13,15H,7-10H2,1-6H3. The highest BCUT2D eigenvalue weighted by Gasteiger charge is 2.33. The largest absolute Gasteiger partial charge is 0.313 e. The molecule has 2 nitrogen and oxygen atoms in total. The van der Waals surface area contributed by atoms with Gasteiger partial charge in [0, 0.05) is 25.2 Å². The molecule has 0 radical (unpaired) electrons. The summed E-state index contributed by atoms with van der Waals surface area (Å²) >= 11 is 0. The third-order valence-electron chi connectivity index (χ3n) is 3.89. The summed E-state index contributed by atoms with van der Waals surface area (Å²) < 4.78 is 0. The molecule has 1 saturated heterocycles. The molecule has 0 spiro atoms. The lowest BCUT2D eigenvalue weighted by Gasteiger charge is -2.29. The van der Waals surface area contributed by atoms with Crippen LogP contribution in [-0.2, 0) is 0 Å². The van der Waals surface area contributed by atoms with Gasteiger partial charge >= 0.3 is 0 Å². The van der Waals surface area contributed by atoms with E-state index < -0.39 is 0 Å². The second-order valence-corrected chi connectivity index (χ2v) is 6.76. The number of likely N-dealkylation sites (tertiary alicyclic amines) is 1. The molecule has 1 heterocycles. The van der Waals surface area contributed by atoms with Gasteiger partial charge in [0.2, 0.25) is 0 Å². The topological polar surface area (TPSA) is 15.3 Å². The van der Waals surface area contributed by atoms with Gasteiger partial charge < -0.3 is 5.32 Å². The Morgan fingerprint density at radius 1 is 1.25 bits per heavy atom. The first-order valence-electron chi connectivity index (χ1n) is 6.78. The molecule has 0 aromatic heterocycles. The van der Waals surface area contributed by atoms with Crippen molar-refractivity contribution < 1.29 is 0 Å². The smallest absolute Gasteiger partial charge is 0.0192 e. The summed E-state index contributed by atoms with van der Waals surface area (Å²) in [6, 6.07) is 1.28. The lowest BCUT2D eigenvalue weighted by atomic mass is 9.80. The fraction of sp³-hybridized carbons (Fsp3) is 1.00. The first-order valence-corrected chi connectivity index (χ1v) is 6.78. The van der Waals surface area contributed by atoms with Crippen molar-refractivity contribution in [3.63, 3.8) is 0 Å². The number of hydrogen-bond donors (Lipinski definition) is 1. The van der Waals surface area contributed by atoms with Gasteiger partial charge in [-0.25, -0.2) is 0 Å². The highest BCUT2D eigenvalue weighted by molar-refractivity contribution is 4.86. The maximum Gasteiger partial charge on any atom is 0.0192 e. The van der Waals surface area contributed by atoms with E-state index in [1.807, 2.05) is 0 Å². The molecule has 1 aliphatic rings. The second-order valence-electron chi connectivity index (χ2n) is 6.76. The van der Waals surface area contributed by atoms with E-state index in [1.54, 1.807) is 0 Å². The highest BCUT2D eigenvalue weighted by atomic mass is 15.2. The van der Waals surface area contributed by atoms with Gasteiger partial charge in [-0.1, -0.05) is 34.6 Å². The Balaban J connectivity index is 2.35. The van der Waals surface area contributed by atoms with Gasteiger partial charge in [-0.15, -0.1) is 0 Å². The minimum Gasteiger partial charge on any atom is -0.313 e. The molecule has 0 aliphatic carbocycles. The zero-order valence-corrected chi connectivity index (χ0v) is 12.0. The molecule has 1 N–H and O–H groups in total. The number of hydrogen-bond acceptors (Lipinski definition) is 2. The lowest BCUT2D eigenvalue weighted by molar-refractivity contribution is 0.198. The Morgan fingerprint density at radius 3 is 2.31 bits per heavy atom. The maximum atomic E-state index is 3.53. The molecule has 2 heteroatoms. The Morgan fingerprint density at radius 2 is 1.88 bits per heavy atom. The van der Waals surface area contributed by atoms with E-state index in [2.05, 4.69) is 51.8 Å². The predicted molar refractivity (Wildman–Crippen MR) is 71.7 cm³/mol. The zero-order chi connectivity index (χ0) is 12.3. The molecule has 0 saturated carbocycles. The average molecular weight is 226 g/mol. The van der Waals surface area contributed by atoms with Crippen molar-refractivity contribution in [1.82, 2.24) is 10.2 Å². The molecule has 2 unspecified atom stereocenters. The van der Waals surface area contributed by atoms with Gasteiger partial charge in [-0.2, -0.15) is 0 Å². The molecule has 0 amide bonds. The molecule has 1 rings (SSSR count). The molecule has 2 atom stereocenters. The van der Waals surface area contributed by atoms with Gasteiger partial charge in [-0.3, -0.25) is 4.90 Å². The van der Waals surface area contributed by atoms with Crippen molar-refractivity contribution in [2.75, 3.05) is 19.6 Å². The van der Waals surface area contributed by atoms with Gasteiger partial charge in [0.05, 0.1) is 0 Å². The van der Waals surface area contributed by atoms with E-state index >= 15 is 0 Å². The molecule has 1 aliphatic heterocycles. The fourth-order valence-corrected chi connectivity index (χ4v) is 2.43. The summed E-state index contributed by atoms with van der Waals surface area (Å²) in [6.45, 7) is 17.6. The Hall–Kier alpha value is -0.0800. The second kappa shape index (κ2) is 5.50. The van der Waals surface area contributed by atoms with E-state index in [0.717, 1.165) is 12.5 Å². The van der Waals surface area contributed by atoms with Crippen LogP contribution in [0.3, 0.4) is 0 Å². The summed E-state index contributed by atoms with van der Waals surface area (Å²) in [4.78, 5) is 2.64. The normalized spacial score (nSPS) is 25.3. The first kappa shape index (κ1) is 14.0.